The topological polar surface area (TPSA) is 34.5 Å². The van der Waals surface area contributed by atoms with Gasteiger partial charge in [0.25, 0.3) is 0 Å². The fraction of sp³-hybridized carbons (Fsp3) is 0.286. The maximum Gasteiger partial charge on any atom is 0.224 e. The van der Waals surface area contributed by atoms with Gasteiger partial charge in [0.2, 0.25) is 5.91 Å². The van der Waals surface area contributed by atoms with Gasteiger partial charge in [-0.05, 0) is 42.7 Å². The van der Waals surface area contributed by atoms with Crippen LogP contribution in [0.3, 0.4) is 0 Å². The van der Waals surface area contributed by atoms with Gasteiger partial charge in [0.15, 0.2) is 0 Å². The molecule has 0 bridgehead atoms. The van der Waals surface area contributed by atoms with Crippen molar-refractivity contribution in [2.24, 2.45) is 0 Å². The molecule has 2 heterocycles. The maximum atomic E-state index is 12.5. The van der Waals surface area contributed by atoms with Crippen LogP contribution < -0.4 is 4.74 Å². The van der Waals surface area contributed by atoms with Crippen molar-refractivity contribution >= 4 is 16.8 Å². The molecule has 0 aliphatic carbocycles. The average molecular weight is 334 g/mol. The van der Waals surface area contributed by atoms with Crippen LogP contribution in [0.25, 0.3) is 10.9 Å². The van der Waals surface area contributed by atoms with Gasteiger partial charge in [-0.25, -0.2) is 0 Å². The Labute approximate surface area is 147 Å². The summed E-state index contributed by atoms with van der Waals surface area (Å²) >= 11 is 0. The highest BCUT2D eigenvalue weighted by molar-refractivity contribution is 5.86. The summed E-state index contributed by atoms with van der Waals surface area (Å²) in [5, 5.41) is 1.18. The summed E-state index contributed by atoms with van der Waals surface area (Å²) in [4.78, 5) is 14.5. The Kier molecular flexibility index (Phi) is 3.96. The number of likely N-dealkylation sites (tertiary alicyclic amines) is 1. The Balaban J connectivity index is 1.72. The molecule has 0 saturated carbocycles. The first-order valence-corrected chi connectivity index (χ1v) is 8.66. The molecule has 1 amide bonds. The summed E-state index contributed by atoms with van der Waals surface area (Å²) < 4.78 is 7.60. The molecule has 1 aliphatic rings. The van der Waals surface area contributed by atoms with E-state index in [1.165, 1.54) is 10.9 Å². The van der Waals surface area contributed by atoms with Crippen LogP contribution in [0.2, 0.25) is 0 Å². The highest BCUT2D eigenvalue weighted by Crippen LogP contribution is 2.35. The molecule has 128 valence electrons. The zero-order valence-electron chi connectivity index (χ0n) is 14.6. The molecule has 1 fully saturated rings. The van der Waals surface area contributed by atoms with Crippen LogP contribution in [0.15, 0.2) is 54.7 Å². The second-order valence-electron chi connectivity index (χ2n) is 6.63. The number of fused-ring (bicyclic) bond motifs is 1. The summed E-state index contributed by atoms with van der Waals surface area (Å²) in [6.07, 6.45) is 3.68. The maximum absolute atomic E-state index is 12.5. The molecule has 3 aromatic rings. The molecule has 4 nitrogen and oxygen atoms in total. The van der Waals surface area contributed by atoms with Crippen molar-refractivity contribution in [3.8, 4) is 5.75 Å². The van der Waals surface area contributed by atoms with Crippen LogP contribution in [0.4, 0.5) is 0 Å². The van der Waals surface area contributed by atoms with Crippen molar-refractivity contribution in [2.45, 2.75) is 32.5 Å². The second kappa shape index (κ2) is 6.28. The summed E-state index contributed by atoms with van der Waals surface area (Å²) in [6, 6.07) is 16.3. The van der Waals surface area contributed by atoms with Crippen molar-refractivity contribution in [3.05, 3.63) is 65.9 Å². The van der Waals surface area contributed by atoms with Gasteiger partial charge in [0.05, 0.1) is 12.6 Å². The lowest BCUT2D eigenvalue weighted by atomic mass is 10.2. The molecular weight excluding hydrogens is 312 g/mol. The molecule has 1 saturated heterocycles. The van der Waals surface area contributed by atoms with Gasteiger partial charge >= 0.3 is 0 Å². The van der Waals surface area contributed by atoms with E-state index >= 15 is 0 Å². The smallest absolute Gasteiger partial charge is 0.224 e. The number of rotatable bonds is 4. The molecule has 0 spiro atoms. The van der Waals surface area contributed by atoms with Crippen molar-refractivity contribution in [3.63, 3.8) is 0 Å². The third kappa shape index (κ3) is 2.78. The third-order valence-corrected chi connectivity index (χ3v) is 5.05. The number of aromatic nitrogens is 1. The number of benzene rings is 2. The first-order chi connectivity index (χ1) is 12.2. The standard InChI is InChI=1S/C21H22N2O2/c1-15-13-22(19-9-8-17(25-2)12-18(15)19)20-10-11-21(24)23(20)14-16-6-4-3-5-7-16/h3-9,12-13,20H,10-11,14H2,1-2H3/t20-/m0/s1. The van der Waals surface area contributed by atoms with Crippen molar-refractivity contribution < 1.29 is 9.53 Å². The number of methoxy groups -OCH3 is 1. The highest BCUT2D eigenvalue weighted by Gasteiger charge is 2.32. The summed E-state index contributed by atoms with van der Waals surface area (Å²) in [6.45, 7) is 2.76. The largest absolute Gasteiger partial charge is 0.497 e. The number of amides is 1. The molecule has 25 heavy (non-hydrogen) atoms. The number of ether oxygens (including phenoxy) is 1. The molecule has 2 aromatic carbocycles. The molecule has 1 aromatic heterocycles. The minimum Gasteiger partial charge on any atom is -0.497 e. The lowest BCUT2D eigenvalue weighted by Gasteiger charge is -2.27. The molecule has 0 unspecified atom stereocenters. The minimum absolute atomic E-state index is 0.0669. The second-order valence-corrected chi connectivity index (χ2v) is 6.63. The fourth-order valence-corrected chi connectivity index (χ4v) is 3.76. The Hall–Kier alpha value is -2.75. The zero-order chi connectivity index (χ0) is 17.4. The SMILES string of the molecule is COc1ccc2c(c1)c(C)cn2[C@@H]1CCC(=O)N1Cc1ccccc1. The molecule has 4 heteroatoms. The predicted molar refractivity (Wildman–Crippen MR) is 98.5 cm³/mol. The van der Waals surface area contributed by atoms with E-state index in [-0.39, 0.29) is 12.1 Å². The summed E-state index contributed by atoms with van der Waals surface area (Å²) in [7, 11) is 1.69. The average Bonchev–Trinajstić information content (AvgIpc) is 3.16. The third-order valence-electron chi connectivity index (χ3n) is 5.05. The van der Waals surface area contributed by atoms with Gasteiger partial charge in [-0.2, -0.15) is 0 Å². The molecule has 0 radical (unpaired) electrons. The highest BCUT2D eigenvalue weighted by atomic mass is 16.5. The van der Waals surface area contributed by atoms with Gasteiger partial charge in [-0.15, -0.1) is 0 Å². The lowest BCUT2D eigenvalue weighted by molar-refractivity contribution is -0.130. The molecule has 1 atom stereocenters. The zero-order valence-corrected chi connectivity index (χ0v) is 14.6. The van der Waals surface area contributed by atoms with Gasteiger partial charge in [-0.1, -0.05) is 30.3 Å². The first kappa shape index (κ1) is 15.8. The first-order valence-electron chi connectivity index (χ1n) is 8.66. The van der Waals surface area contributed by atoms with E-state index < -0.39 is 0 Å². The monoisotopic (exact) mass is 334 g/mol. The van der Waals surface area contributed by atoms with Gasteiger partial charge < -0.3 is 14.2 Å². The number of carbonyl (C=O) groups excluding carboxylic acids is 1. The fourth-order valence-electron chi connectivity index (χ4n) is 3.76. The van der Waals surface area contributed by atoms with E-state index in [0.717, 1.165) is 23.3 Å². The molecule has 0 N–H and O–H groups in total. The van der Waals surface area contributed by atoms with E-state index in [1.54, 1.807) is 7.11 Å². The van der Waals surface area contributed by atoms with Gasteiger partial charge in [0, 0.05) is 24.5 Å². The van der Waals surface area contributed by atoms with Crippen LogP contribution in [-0.4, -0.2) is 22.5 Å². The van der Waals surface area contributed by atoms with E-state index in [9.17, 15) is 4.79 Å². The van der Waals surface area contributed by atoms with E-state index in [1.807, 2.05) is 29.2 Å². The van der Waals surface area contributed by atoms with Crippen molar-refractivity contribution in [2.75, 3.05) is 7.11 Å². The van der Waals surface area contributed by atoms with Crippen LogP contribution >= 0.6 is 0 Å². The van der Waals surface area contributed by atoms with Crippen LogP contribution in [0, 0.1) is 6.92 Å². The Bertz CT molecular complexity index is 914. The minimum atomic E-state index is 0.0669. The molecule has 4 rings (SSSR count). The Morgan fingerprint density at radius 3 is 2.72 bits per heavy atom. The number of hydrogen-bond donors (Lipinski definition) is 0. The normalized spacial score (nSPS) is 17.4. The van der Waals surface area contributed by atoms with Crippen molar-refractivity contribution in [1.82, 2.24) is 9.47 Å². The Morgan fingerprint density at radius 2 is 1.96 bits per heavy atom. The summed E-state index contributed by atoms with van der Waals surface area (Å²) in [5.41, 5.74) is 3.52. The predicted octanol–water partition coefficient (Wildman–Crippen LogP) is 4.28. The lowest BCUT2D eigenvalue weighted by Crippen LogP contribution is -2.30. The summed E-state index contributed by atoms with van der Waals surface area (Å²) in [5.74, 6) is 1.08. The van der Waals surface area contributed by atoms with Crippen LogP contribution in [0.5, 0.6) is 5.75 Å². The number of aryl methyl sites for hydroxylation is 1. The Morgan fingerprint density at radius 1 is 1.16 bits per heavy atom. The number of nitrogens with zero attached hydrogens (tertiary/aromatic N) is 2. The molecule has 1 aliphatic heterocycles. The van der Waals surface area contributed by atoms with E-state index in [2.05, 4.69) is 42.0 Å². The van der Waals surface area contributed by atoms with E-state index in [0.29, 0.717) is 13.0 Å². The number of carbonyl (C=O) groups is 1. The van der Waals surface area contributed by atoms with Gasteiger partial charge in [-0.3, -0.25) is 4.79 Å². The molecular formula is C21H22N2O2. The number of hydrogen-bond acceptors (Lipinski definition) is 2. The van der Waals surface area contributed by atoms with Crippen LogP contribution in [0.1, 0.15) is 30.1 Å². The quantitative estimate of drug-likeness (QED) is 0.714. The van der Waals surface area contributed by atoms with Crippen LogP contribution in [-0.2, 0) is 11.3 Å². The van der Waals surface area contributed by atoms with Crippen molar-refractivity contribution in [1.29, 1.82) is 0 Å². The van der Waals surface area contributed by atoms with E-state index in [4.69, 9.17) is 4.74 Å². The van der Waals surface area contributed by atoms with Gasteiger partial charge in [0.1, 0.15) is 11.9 Å².